The van der Waals surface area contributed by atoms with Crippen LogP contribution in [0.15, 0.2) is 42.0 Å². The largest absolute Gasteiger partial charge is 0.298 e. The van der Waals surface area contributed by atoms with Gasteiger partial charge in [0.15, 0.2) is 0 Å². The van der Waals surface area contributed by atoms with Crippen LogP contribution in [0.2, 0.25) is 0 Å². The smallest absolute Gasteiger partial charge is 0.148 e. The van der Waals surface area contributed by atoms with Gasteiger partial charge in [0.2, 0.25) is 0 Å². The maximum Gasteiger partial charge on any atom is 0.148 e. The van der Waals surface area contributed by atoms with Gasteiger partial charge in [-0.15, -0.1) is 0 Å². The van der Waals surface area contributed by atoms with E-state index in [4.69, 9.17) is 0 Å². The van der Waals surface area contributed by atoms with E-state index in [1.54, 1.807) is 0 Å². The summed E-state index contributed by atoms with van der Waals surface area (Å²) in [7, 11) is 0. The monoisotopic (exact) mass is 172 g/mol. The highest BCUT2D eigenvalue weighted by Gasteiger charge is 2.25. The lowest BCUT2D eigenvalue weighted by Crippen LogP contribution is -2.06. The van der Waals surface area contributed by atoms with Crippen LogP contribution in [-0.4, -0.2) is 5.78 Å². The molecule has 0 aromatic heterocycles. The minimum atomic E-state index is 0.0289. The minimum absolute atomic E-state index is 0.0289. The van der Waals surface area contributed by atoms with Crippen molar-refractivity contribution in [2.24, 2.45) is 0 Å². The summed E-state index contributed by atoms with van der Waals surface area (Å²) in [6, 6.07) is 9.97. The molecular weight excluding hydrogens is 160 g/mol. The summed E-state index contributed by atoms with van der Waals surface area (Å²) in [5, 5.41) is 0. The molecule has 0 heterocycles. The number of hydrogen-bond acceptors (Lipinski definition) is 1. The van der Waals surface area contributed by atoms with Gasteiger partial charge in [-0.2, -0.15) is 0 Å². The van der Waals surface area contributed by atoms with Gasteiger partial charge in [0.05, 0.1) is 5.92 Å². The summed E-state index contributed by atoms with van der Waals surface area (Å²) in [5.41, 5.74) is 2.31. The number of rotatable bonds is 1. The van der Waals surface area contributed by atoms with Crippen molar-refractivity contribution >= 4 is 5.78 Å². The summed E-state index contributed by atoms with van der Waals surface area (Å²) >= 11 is 0. The van der Waals surface area contributed by atoms with Gasteiger partial charge in [0, 0.05) is 6.42 Å². The Kier molecular flexibility index (Phi) is 2.01. The molecule has 0 amide bonds. The van der Waals surface area contributed by atoms with Crippen LogP contribution in [0.25, 0.3) is 0 Å². The molecule has 1 heteroatoms. The van der Waals surface area contributed by atoms with E-state index in [1.165, 1.54) is 5.57 Å². The van der Waals surface area contributed by atoms with E-state index in [-0.39, 0.29) is 5.92 Å². The molecule has 0 spiro atoms. The van der Waals surface area contributed by atoms with Crippen molar-refractivity contribution in [2.45, 2.75) is 19.3 Å². The number of carbonyl (C=O) groups excluding carboxylic acids is 1. The van der Waals surface area contributed by atoms with Gasteiger partial charge in [-0.25, -0.2) is 0 Å². The molecule has 66 valence electrons. The SMILES string of the molecule is CC1=CCC(=O)C1c1ccccc1. The van der Waals surface area contributed by atoms with Gasteiger partial charge in [0.1, 0.15) is 5.78 Å². The summed E-state index contributed by atoms with van der Waals surface area (Å²) in [6.45, 7) is 2.03. The van der Waals surface area contributed by atoms with Crippen molar-refractivity contribution in [2.75, 3.05) is 0 Å². The van der Waals surface area contributed by atoms with E-state index >= 15 is 0 Å². The highest BCUT2D eigenvalue weighted by molar-refractivity contribution is 5.92. The summed E-state index contributed by atoms with van der Waals surface area (Å²) in [5.74, 6) is 0.352. The Morgan fingerprint density at radius 2 is 1.92 bits per heavy atom. The number of carbonyl (C=O) groups is 1. The van der Waals surface area contributed by atoms with Gasteiger partial charge in [-0.3, -0.25) is 4.79 Å². The summed E-state index contributed by atoms with van der Waals surface area (Å²) in [4.78, 5) is 11.5. The lowest BCUT2D eigenvalue weighted by atomic mass is 9.93. The third kappa shape index (κ3) is 1.42. The molecule has 13 heavy (non-hydrogen) atoms. The lowest BCUT2D eigenvalue weighted by molar-refractivity contribution is -0.118. The van der Waals surface area contributed by atoms with Crippen LogP contribution in [0.5, 0.6) is 0 Å². The number of Topliss-reactive ketones (excluding diaryl/α,β-unsaturated/α-hetero) is 1. The average molecular weight is 172 g/mol. The van der Waals surface area contributed by atoms with Gasteiger partial charge in [-0.1, -0.05) is 42.0 Å². The Labute approximate surface area is 78.1 Å². The Morgan fingerprint density at radius 3 is 2.46 bits per heavy atom. The predicted octanol–water partition coefficient (Wildman–Crippen LogP) is 2.69. The highest BCUT2D eigenvalue weighted by Crippen LogP contribution is 2.31. The average Bonchev–Trinajstić information content (AvgIpc) is 2.48. The lowest BCUT2D eigenvalue weighted by Gasteiger charge is -2.10. The second-order valence-corrected chi connectivity index (χ2v) is 3.46. The minimum Gasteiger partial charge on any atom is -0.298 e. The van der Waals surface area contributed by atoms with Crippen LogP contribution in [0.3, 0.4) is 0 Å². The maximum atomic E-state index is 11.5. The number of ketones is 1. The quantitative estimate of drug-likeness (QED) is 0.595. The Hall–Kier alpha value is -1.37. The first-order valence-corrected chi connectivity index (χ1v) is 4.53. The topological polar surface area (TPSA) is 17.1 Å². The molecule has 1 aromatic rings. The molecule has 1 aliphatic carbocycles. The first-order valence-electron chi connectivity index (χ1n) is 4.53. The van der Waals surface area contributed by atoms with E-state index in [1.807, 2.05) is 43.3 Å². The Balaban J connectivity index is 2.36. The van der Waals surface area contributed by atoms with Crippen LogP contribution < -0.4 is 0 Å². The van der Waals surface area contributed by atoms with Crippen molar-refractivity contribution in [3.63, 3.8) is 0 Å². The normalized spacial score (nSPS) is 21.8. The molecule has 1 unspecified atom stereocenters. The second kappa shape index (κ2) is 3.17. The molecule has 0 fully saturated rings. The number of benzene rings is 1. The van der Waals surface area contributed by atoms with Crippen LogP contribution in [-0.2, 0) is 4.79 Å². The molecule has 0 bridgehead atoms. The second-order valence-electron chi connectivity index (χ2n) is 3.46. The van der Waals surface area contributed by atoms with Crippen LogP contribution in [0.1, 0.15) is 24.8 Å². The van der Waals surface area contributed by atoms with Crippen molar-refractivity contribution in [3.8, 4) is 0 Å². The standard InChI is InChI=1S/C12H12O/c1-9-7-8-11(13)12(9)10-5-3-2-4-6-10/h2-7,12H,8H2,1H3. The van der Waals surface area contributed by atoms with E-state index in [0.29, 0.717) is 12.2 Å². The van der Waals surface area contributed by atoms with Crippen LogP contribution in [0.4, 0.5) is 0 Å². The third-order valence-corrected chi connectivity index (χ3v) is 2.54. The Morgan fingerprint density at radius 1 is 1.23 bits per heavy atom. The first kappa shape index (κ1) is 8.24. The zero-order chi connectivity index (χ0) is 9.26. The van der Waals surface area contributed by atoms with Crippen molar-refractivity contribution in [3.05, 3.63) is 47.5 Å². The molecule has 1 nitrogen and oxygen atoms in total. The highest BCUT2D eigenvalue weighted by atomic mass is 16.1. The van der Waals surface area contributed by atoms with E-state index < -0.39 is 0 Å². The van der Waals surface area contributed by atoms with Crippen LogP contribution in [0, 0.1) is 0 Å². The molecule has 0 radical (unpaired) electrons. The Bertz CT molecular complexity index is 349. The van der Waals surface area contributed by atoms with E-state index in [0.717, 1.165) is 5.56 Å². The van der Waals surface area contributed by atoms with Crippen molar-refractivity contribution in [1.82, 2.24) is 0 Å². The molecule has 1 aliphatic rings. The predicted molar refractivity (Wildman–Crippen MR) is 52.6 cm³/mol. The zero-order valence-corrected chi connectivity index (χ0v) is 7.66. The van der Waals surface area contributed by atoms with Gasteiger partial charge in [-0.05, 0) is 12.5 Å². The zero-order valence-electron chi connectivity index (χ0n) is 7.66. The maximum absolute atomic E-state index is 11.5. The van der Waals surface area contributed by atoms with Crippen molar-refractivity contribution < 1.29 is 4.79 Å². The summed E-state index contributed by atoms with van der Waals surface area (Å²) in [6.07, 6.45) is 2.63. The van der Waals surface area contributed by atoms with E-state index in [9.17, 15) is 4.79 Å². The van der Waals surface area contributed by atoms with Gasteiger partial charge in [0.25, 0.3) is 0 Å². The number of hydrogen-bond donors (Lipinski definition) is 0. The molecular formula is C12H12O. The first-order chi connectivity index (χ1) is 6.29. The number of allylic oxidation sites excluding steroid dienone is 2. The fourth-order valence-electron chi connectivity index (χ4n) is 1.85. The van der Waals surface area contributed by atoms with Gasteiger partial charge < -0.3 is 0 Å². The molecule has 0 saturated carbocycles. The molecule has 0 aliphatic heterocycles. The van der Waals surface area contributed by atoms with E-state index in [2.05, 4.69) is 0 Å². The molecule has 1 atom stereocenters. The fraction of sp³-hybridized carbons (Fsp3) is 0.250. The molecule has 0 N–H and O–H groups in total. The molecule has 0 saturated heterocycles. The van der Waals surface area contributed by atoms with Gasteiger partial charge >= 0.3 is 0 Å². The fourth-order valence-corrected chi connectivity index (χ4v) is 1.85. The summed E-state index contributed by atoms with van der Waals surface area (Å²) < 4.78 is 0. The third-order valence-electron chi connectivity index (χ3n) is 2.54. The van der Waals surface area contributed by atoms with Crippen LogP contribution >= 0.6 is 0 Å². The molecule has 1 aromatic carbocycles. The molecule has 2 rings (SSSR count). The van der Waals surface area contributed by atoms with Crippen molar-refractivity contribution in [1.29, 1.82) is 0 Å².